The predicted octanol–water partition coefficient (Wildman–Crippen LogP) is 2.44. The molecule has 0 fully saturated rings. The van der Waals surface area contributed by atoms with Crippen molar-refractivity contribution in [2.75, 3.05) is 7.11 Å². The number of ether oxygens (including phenoxy) is 1. The summed E-state index contributed by atoms with van der Waals surface area (Å²) < 4.78 is 30.0. The Bertz CT molecular complexity index is 357. The Kier molecular flexibility index (Phi) is 3.73. The average molecular weight is 313 g/mol. The lowest BCUT2D eigenvalue weighted by Gasteiger charge is -2.09. The Morgan fingerprint density at radius 2 is 2.29 bits per heavy atom. The lowest BCUT2D eigenvalue weighted by Crippen LogP contribution is -2.02. The van der Waals surface area contributed by atoms with Crippen molar-refractivity contribution >= 4 is 28.9 Å². The van der Waals surface area contributed by atoms with Crippen molar-refractivity contribution in [3.8, 4) is 5.88 Å². The number of alkyl halides is 2. The number of nitrogens with zero attached hydrogens (tertiary/aromatic N) is 1. The van der Waals surface area contributed by atoms with E-state index in [4.69, 9.17) is 4.74 Å². The van der Waals surface area contributed by atoms with Crippen LogP contribution in [-0.4, -0.2) is 18.4 Å². The average Bonchev–Trinajstić information content (AvgIpc) is 2.16. The van der Waals surface area contributed by atoms with Crippen LogP contribution in [0, 0.1) is 3.57 Å². The van der Waals surface area contributed by atoms with Crippen LogP contribution in [0.5, 0.6) is 5.88 Å². The summed E-state index contributed by atoms with van der Waals surface area (Å²) in [6.45, 7) is 0. The summed E-state index contributed by atoms with van der Waals surface area (Å²) in [5, 5.41) is 0. The van der Waals surface area contributed by atoms with E-state index in [1.54, 1.807) is 22.6 Å². The van der Waals surface area contributed by atoms with Gasteiger partial charge in [0, 0.05) is 17.3 Å². The summed E-state index contributed by atoms with van der Waals surface area (Å²) in [5.74, 6) is 0.103. The van der Waals surface area contributed by atoms with Crippen molar-refractivity contribution in [3.05, 3.63) is 20.9 Å². The van der Waals surface area contributed by atoms with E-state index < -0.39 is 6.43 Å². The molecule has 0 saturated carbocycles. The maximum Gasteiger partial charge on any atom is 0.265 e. The molecule has 0 spiro atoms. The van der Waals surface area contributed by atoms with Gasteiger partial charge >= 0.3 is 0 Å². The van der Waals surface area contributed by atoms with Gasteiger partial charge in [-0.3, -0.25) is 4.79 Å². The first-order valence-corrected chi connectivity index (χ1v) is 4.65. The first kappa shape index (κ1) is 11.3. The molecule has 3 nitrogen and oxygen atoms in total. The Hall–Kier alpha value is -0.790. The molecule has 0 aromatic carbocycles. The van der Waals surface area contributed by atoms with Gasteiger partial charge in [0.25, 0.3) is 6.43 Å². The molecule has 1 heterocycles. The summed E-state index contributed by atoms with van der Waals surface area (Å²) in [5.41, 5.74) is -0.433. The quantitative estimate of drug-likeness (QED) is 0.635. The van der Waals surface area contributed by atoms with Crippen molar-refractivity contribution in [2.45, 2.75) is 6.43 Å². The fourth-order valence-electron chi connectivity index (χ4n) is 0.954. The minimum Gasteiger partial charge on any atom is -0.480 e. The van der Waals surface area contributed by atoms with Crippen LogP contribution in [0.2, 0.25) is 0 Å². The van der Waals surface area contributed by atoms with E-state index in [0.29, 0.717) is 6.29 Å². The van der Waals surface area contributed by atoms with Crippen molar-refractivity contribution in [1.82, 2.24) is 4.98 Å². The van der Waals surface area contributed by atoms with E-state index in [-0.39, 0.29) is 20.6 Å². The van der Waals surface area contributed by atoms with E-state index in [1.165, 1.54) is 7.11 Å². The SMILES string of the molecule is COc1ncc(C=O)c(C(F)F)c1I. The first-order chi connectivity index (χ1) is 6.61. The number of pyridine rings is 1. The van der Waals surface area contributed by atoms with Gasteiger partial charge in [-0.15, -0.1) is 0 Å². The highest BCUT2D eigenvalue weighted by Gasteiger charge is 2.20. The predicted molar refractivity (Wildman–Crippen MR) is 53.9 cm³/mol. The van der Waals surface area contributed by atoms with Crippen LogP contribution in [-0.2, 0) is 0 Å². The van der Waals surface area contributed by atoms with Crippen molar-refractivity contribution in [2.24, 2.45) is 0 Å². The van der Waals surface area contributed by atoms with Gasteiger partial charge in [0.2, 0.25) is 5.88 Å². The Morgan fingerprint density at radius 3 is 2.71 bits per heavy atom. The third-order valence-electron chi connectivity index (χ3n) is 1.59. The standard InChI is InChI=1S/C8H6F2INO2/c1-14-8-6(11)5(7(9)10)4(3-13)2-12-8/h2-3,7H,1H3. The van der Waals surface area contributed by atoms with Crippen molar-refractivity contribution in [3.63, 3.8) is 0 Å². The largest absolute Gasteiger partial charge is 0.480 e. The number of hydrogen-bond acceptors (Lipinski definition) is 3. The van der Waals surface area contributed by atoms with E-state index in [0.717, 1.165) is 6.20 Å². The first-order valence-electron chi connectivity index (χ1n) is 3.57. The molecule has 0 radical (unpaired) electrons. The molecule has 0 aliphatic rings. The number of aldehydes is 1. The summed E-state index contributed by atoms with van der Waals surface area (Å²) in [6.07, 6.45) is -1.27. The van der Waals surface area contributed by atoms with Gasteiger partial charge in [-0.05, 0) is 22.6 Å². The van der Waals surface area contributed by atoms with Crippen LogP contribution in [0.1, 0.15) is 22.3 Å². The van der Waals surface area contributed by atoms with Gasteiger partial charge in [0.15, 0.2) is 6.29 Å². The normalized spacial score (nSPS) is 10.4. The molecule has 76 valence electrons. The molecule has 1 aromatic rings. The summed E-state index contributed by atoms with van der Waals surface area (Å²) in [7, 11) is 1.33. The number of hydrogen-bond donors (Lipinski definition) is 0. The number of aromatic nitrogens is 1. The highest BCUT2D eigenvalue weighted by atomic mass is 127. The number of rotatable bonds is 3. The number of carbonyl (C=O) groups is 1. The molecule has 0 atom stereocenters. The lowest BCUT2D eigenvalue weighted by atomic mass is 10.1. The van der Waals surface area contributed by atoms with Gasteiger partial charge in [-0.2, -0.15) is 0 Å². The van der Waals surface area contributed by atoms with Gasteiger partial charge in [0.1, 0.15) is 0 Å². The zero-order valence-corrected chi connectivity index (χ0v) is 9.29. The second-order valence-corrected chi connectivity index (χ2v) is 3.45. The second-order valence-electron chi connectivity index (χ2n) is 2.37. The van der Waals surface area contributed by atoms with Crippen molar-refractivity contribution in [1.29, 1.82) is 0 Å². The van der Waals surface area contributed by atoms with E-state index >= 15 is 0 Å². The lowest BCUT2D eigenvalue weighted by molar-refractivity contribution is 0.110. The fourth-order valence-corrected chi connectivity index (χ4v) is 1.86. The molecule has 6 heteroatoms. The van der Waals surface area contributed by atoms with Crippen LogP contribution in [0.25, 0.3) is 0 Å². The van der Waals surface area contributed by atoms with E-state index in [2.05, 4.69) is 4.98 Å². The van der Waals surface area contributed by atoms with Crippen LogP contribution < -0.4 is 4.74 Å². The maximum absolute atomic E-state index is 12.5. The van der Waals surface area contributed by atoms with E-state index in [1.807, 2.05) is 0 Å². The molecule has 0 bridgehead atoms. The third kappa shape index (κ3) is 1.99. The molecule has 0 aliphatic heterocycles. The Morgan fingerprint density at radius 1 is 1.64 bits per heavy atom. The molecular formula is C8H6F2INO2. The van der Waals surface area contributed by atoms with Gasteiger partial charge < -0.3 is 4.74 Å². The van der Waals surface area contributed by atoms with Gasteiger partial charge in [0.05, 0.1) is 10.7 Å². The summed E-state index contributed by atoms with van der Waals surface area (Å²) >= 11 is 1.68. The summed E-state index contributed by atoms with van der Waals surface area (Å²) in [6, 6.07) is 0. The molecule has 0 unspecified atom stereocenters. The molecule has 0 amide bonds. The number of halogens is 3. The monoisotopic (exact) mass is 313 g/mol. The molecule has 1 rings (SSSR count). The number of carbonyl (C=O) groups excluding carboxylic acids is 1. The number of methoxy groups -OCH3 is 1. The highest BCUT2D eigenvalue weighted by Crippen LogP contribution is 2.31. The topological polar surface area (TPSA) is 39.2 Å². The van der Waals surface area contributed by atoms with Gasteiger partial charge in [-0.1, -0.05) is 0 Å². The van der Waals surface area contributed by atoms with Crippen LogP contribution >= 0.6 is 22.6 Å². The molecule has 14 heavy (non-hydrogen) atoms. The zero-order chi connectivity index (χ0) is 10.7. The third-order valence-corrected chi connectivity index (χ3v) is 2.64. The highest BCUT2D eigenvalue weighted by molar-refractivity contribution is 14.1. The minimum absolute atomic E-state index is 0.103. The van der Waals surface area contributed by atoms with Gasteiger partial charge in [-0.25, -0.2) is 13.8 Å². The summed E-state index contributed by atoms with van der Waals surface area (Å²) in [4.78, 5) is 14.2. The molecule has 1 aromatic heterocycles. The smallest absolute Gasteiger partial charge is 0.265 e. The fraction of sp³-hybridized carbons (Fsp3) is 0.250. The maximum atomic E-state index is 12.5. The zero-order valence-electron chi connectivity index (χ0n) is 7.13. The van der Waals surface area contributed by atoms with Crippen LogP contribution in [0.15, 0.2) is 6.20 Å². The van der Waals surface area contributed by atoms with Crippen molar-refractivity contribution < 1.29 is 18.3 Å². The van der Waals surface area contributed by atoms with Crippen LogP contribution in [0.3, 0.4) is 0 Å². The second kappa shape index (κ2) is 4.63. The molecular weight excluding hydrogens is 307 g/mol. The molecule has 0 N–H and O–H groups in total. The van der Waals surface area contributed by atoms with E-state index in [9.17, 15) is 13.6 Å². The molecule has 0 aliphatic carbocycles. The Balaban J connectivity index is 3.38. The van der Waals surface area contributed by atoms with Crippen LogP contribution in [0.4, 0.5) is 8.78 Å². The minimum atomic E-state index is -2.71. The molecule has 0 saturated heterocycles. The Labute approximate surface area is 92.6 Å².